The summed E-state index contributed by atoms with van der Waals surface area (Å²) in [5.74, 6) is -9.73. The number of carbonyl (C=O) groups is 5. The zero-order valence-electron chi connectivity index (χ0n) is 19.4. The van der Waals surface area contributed by atoms with E-state index in [4.69, 9.17) is 5.73 Å². The Labute approximate surface area is 210 Å². The van der Waals surface area contributed by atoms with E-state index in [1.54, 1.807) is 24.4 Å². The van der Waals surface area contributed by atoms with Crippen molar-refractivity contribution in [2.75, 3.05) is 6.26 Å². The Morgan fingerprint density at radius 1 is 1.19 bits per heavy atom. The lowest BCUT2D eigenvalue weighted by atomic mass is 9.53. The molecule has 5 atom stereocenters. The Morgan fingerprint density at radius 2 is 1.94 bits per heavy atom. The Balaban J connectivity index is 1.66. The number of benzene rings is 1. The van der Waals surface area contributed by atoms with Gasteiger partial charge in [-0.15, -0.1) is 0 Å². The minimum absolute atomic E-state index is 0.00959. The number of hydrogen-bond donors (Lipinski definition) is 3. The topological polar surface area (TPSA) is 165 Å². The highest BCUT2D eigenvalue weighted by Crippen LogP contribution is 2.51. The number of hydrogen-bond acceptors (Lipinski definition) is 9. The molecule has 1 heterocycles. The van der Waals surface area contributed by atoms with E-state index in [-0.39, 0.29) is 30.6 Å². The van der Waals surface area contributed by atoms with Gasteiger partial charge in [-0.1, -0.05) is 6.07 Å². The standard InChI is InChI=1S/C26H24N2O7S/c1-36-10-12-8-14(16-4-2-3-5-28-16)15-7-11-6-13-9-17(29)20(25(27)34)24(33)26(13,35)23(32)18(11)22(31)19(15)21(12)30/h2-5,8,11,13,18,20,30,35H,6-7,9-10H2,1H3,(H2,27,34)/t11-,13+,18?,20?,26+/m1/s1. The highest BCUT2D eigenvalue weighted by atomic mass is 32.2. The molecule has 10 heteroatoms. The Kier molecular flexibility index (Phi) is 5.83. The van der Waals surface area contributed by atoms with Crippen molar-refractivity contribution in [3.8, 4) is 17.0 Å². The van der Waals surface area contributed by atoms with E-state index >= 15 is 0 Å². The number of nitrogens with zero attached hydrogens (tertiary/aromatic N) is 1. The molecule has 1 aromatic carbocycles. The zero-order valence-corrected chi connectivity index (χ0v) is 20.2. The van der Waals surface area contributed by atoms with Crippen molar-refractivity contribution in [2.45, 2.75) is 30.6 Å². The minimum Gasteiger partial charge on any atom is -0.507 e. The van der Waals surface area contributed by atoms with Crippen LogP contribution in [0, 0.1) is 23.7 Å². The number of ketones is 4. The van der Waals surface area contributed by atoms with E-state index in [9.17, 15) is 34.2 Å². The Bertz CT molecular complexity index is 1340. The number of rotatable bonds is 4. The zero-order chi connectivity index (χ0) is 25.9. The van der Waals surface area contributed by atoms with Gasteiger partial charge in [-0.05, 0) is 48.8 Å². The molecule has 0 saturated heterocycles. The van der Waals surface area contributed by atoms with Crippen LogP contribution in [0.15, 0.2) is 30.5 Å². The summed E-state index contributed by atoms with van der Waals surface area (Å²) in [5, 5.41) is 22.4. The molecule has 186 valence electrons. The molecule has 0 bridgehead atoms. The molecule has 0 radical (unpaired) electrons. The number of Topliss-reactive ketones (excluding diaryl/α,β-unsaturated/α-hetero) is 4. The summed E-state index contributed by atoms with van der Waals surface area (Å²) in [6, 6.07) is 7.16. The van der Waals surface area contributed by atoms with Gasteiger partial charge in [0.1, 0.15) is 5.75 Å². The molecular formula is C26H24N2O7S. The lowest BCUT2D eigenvalue weighted by Gasteiger charge is -2.48. The van der Waals surface area contributed by atoms with E-state index in [1.807, 2.05) is 12.3 Å². The van der Waals surface area contributed by atoms with Crippen LogP contribution in [-0.2, 0) is 31.4 Å². The first kappa shape index (κ1) is 24.3. The van der Waals surface area contributed by atoms with E-state index < -0.39 is 58.3 Å². The maximum Gasteiger partial charge on any atom is 0.235 e. The van der Waals surface area contributed by atoms with Crippen molar-refractivity contribution < 1.29 is 34.2 Å². The first-order chi connectivity index (χ1) is 17.1. The third-order valence-electron chi connectivity index (χ3n) is 7.72. The number of phenolic OH excluding ortho intramolecular Hbond substituents is 1. The van der Waals surface area contributed by atoms with Crippen LogP contribution >= 0.6 is 11.8 Å². The van der Waals surface area contributed by atoms with Gasteiger partial charge in [-0.3, -0.25) is 29.0 Å². The number of aromatic nitrogens is 1. The molecule has 3 aliphatic carbocycles. The lowest BCUT2D eigenvalue weighted by molar-refractivity contribution is -0.175. The van der Waals surface area contributed by atoms with Crippen LogP contribution in [0.1, 0.15) is 34.3 Å². The van der Waals surface area contributed by atoms with Crippen LogP contribution in [0.2, 0.25) is 0 Å². The number of aliphatic hydroxyl groups is 1. The van der Waals surface area contributed by atoms with Crippen molar-refractivity contribution in [1.82, 2.24) is 4.98 Å². The van der Waals surface area contributed by atoms with E-state index in [2.05, 4.69) is 4.98 Å². The first-order valence-corrected chi connectivity index (χ1v) is 13.0. The third-order valence-corrected chi connectivity index (χ3v) is 8.32. The van der Waals surface area contributed by atoms with Crippen LogP contribution < -0.4 is 5.73 Å². The second kappa shape index (κ2) is 8.63. The molecule has 5 rings (SSSR count). The summed E-state index contributed by atoms with van der Waals surface area (Å²) in [6.45, 7) is 0. The SMILES string of the molecule is CSCc1cc(-c2ccccn2)c2c(c1O)C(=O)C1C(=O)[C@]3(O)C(=O)C(C(N)=O)C(=O)C[C@@H]3C[C@@H]1C2. The van der Waals surface area contributed by atoms with Gasteiger partial charge in [-0.25, -0.2) is 0 Å². The van der Waals surface area contributed by atoms with Crippen molar-refractivity contribution in [1.29, 1.82) is 0 Å². The second-order valence-corrected chi connectivity index (χ2v) is 10.5. The molecule has 0 aliphatic heterocycles. The predicted octanol–water partition coefficient (Wildman–Crippen LogP) is 1.25. The van der Waals surface area contributed by atoms with Crippen molar-refractivity contribution >= 4 is 40.8 Å². The summed E-state index contributed by atoms with van der Waals surface area (Å²) in [5.41, 5.74) is 4.87. The Morgan fingerprint density at radius 3 is 2.58 bits per heavy atom. The summed E-state index contributed by atoms with van der Waals surface area (Å²) < 4.78 is 0. The summed E-state index contributed by atoms with van der Waals surface area (Å²) in [6.07, 6.45) is 3.37. The number of carbonyl (C=O) groups excluding carboxylic acids is 5. The second-order valence-electron chi connectivity index (χ2n) is 9.67. The molecule has 3 aliphatic rings. The van der Waals surface area contributed by atoms with Gasteiger partial charge < -0.3 is 15.9 Å². The van der Waals surface area contributed by atoms with Crippen LogP contribution in [-0.4, -0.2) is 56.1 Å². The molecule has 2 saturated carbocycles. The molecule has 2 unspecified atom stereocenters. The number of phenols is 1. The molecule has 0 spiro atoms. The maximum atomic E-state index is 13.8. The molecule has 1 amide bonds. The number of nitrogens with two attached hydrogens (primary N) is 1. The minimum atomic E-state index is -2.65. The fourth-order valence-corrected chi connectivity index (χ4v) is 6.64. The highest BCUT2D eigenvalue weighted by molar-refractivity contribution is 7.97. The van der Waals surface area contributed by atoms with Gasteiger partial charge in [0.15, 0.2) is 34.7 Å². The largest absolute Gasteiger partial charge is 0.507 e. The molecule has 2 fully saturated rings. The molecule has 36 heavy (non-hydrogen) atoms. The van der Waals surface area contributed by atoms with Crippen LogP contribution in [0.5, 0.6) is 5.75 Å². The number of amides is 1. The summed E-state index contributed by atoms with van der Waals surface area (Å²) >= 11 is 1.45. The third kappa shape index (κ3) is 3.35. The molecule has 1 aromatic heterocycles. The average molecular weight is 509 g/mol. The van der Waals surface area contributed by atoms with E-state index in [1.165, 1.54) is 11.8 Å². The van der Waals surface area contributed by atoms with Crippen molar-refractivity contribution in [3.05, 3.63) is 47.2 Å². The average Bonchev–Trinajstić information content (AvgIpc) is 2.83. The van der Waals surface area contributed by atoms with Crippen molar-refractivity contribution in [2.24, 2.45) is 29.4 Å². The normalized spacial score (nSPS) is 29.4. The number of pyridine rings is 1. The lowest BCUT2D eigenvalue weighted by Crippen LogP contribution is -2.68. The highest BCUT2D eigenvalue weighted by Gasteiger charge is 2.66. The summed E-state index contributed by atoms with van der Waals surface area (Å²) in [7, 11) is 0. The van der Waals surface area contributed by atoms with E-state index in [0.717, 1.165) is 0 Å². The van der Waals surface area contributed by atoms with Gasteiger partial charge in [0, 0.05) is 35.4 Å². The fraction of sp³-hybridized carbons (Fsp3) is 0.385. The van der Waals surface area contributed by atoms with Gasteiger partial charge in [0.25, 0.3) is 0 Å². The maximum absolute atomic E-state index is 13.8. The van der Waals surface area contributed by atoms with Crippen LogP contribution in [0.25, 0.3) is 11.3 Å². The van der Waals surface area contributed by atoms with Gasteiger partial charge in [0.05, 0.1) is 17.2 Å². The van der Waals surface area contributed by atoms with Crippen LogP contribution in [0.4, 0.5) is 0 Å². The number of fused-ring (bicyclic) bond motifs is 3. The van der Waals surface area contributed by atoms with Crippen LogP contribution in [0.3, 0.4) is 0 Å². The van der Waals surface area contributed by atoms with Gasteiger partial charge >= 0.3 is 0 Å². The quantitative estimate of drug-likeness (QED) is 0.515. The smallest absolute Gasteiger partial charge is 0.235 e. The molecule has 4 N–H and O–H groups in total. The fourth-order valence-electron chi connectivity index (χ4n) is 6.11. The van der Waals surface area contributed by atoms with E-state index in [0.29, 0.717) is 28.1 Å². The van der Waals surface area contributed by atoms with Gasteiger partial charge in [-0.2, -0.15) is 11.8 Å². The van der Waals surface area contributed by atoms with Crippen molar-refractivity contribution in [3.63, 3.8) is 0 Å². The Hall–Kier alpha value is -3.37. The van der Waals surface area contributed by atoms with Gasteiger partial charge in [0.2, 0.25) is 5.91 Å². The predicted molar refractivity (Wildman–Crippen MR) is 129 cm³/mol. The first-order valence-electron chi connectivity index (χ1n) is 11.6. The molecular weight excluding hydrogens is 484 g/mol. The molecule has 2 aromatic rings. The monoisotopic (exact) mass is 508 g/mol. The number of primary amides is 1. The number of aromatic hydroxyl groups is 1. The molecule has 9 nitrogen and oxygen atoms in total. The summed E-state index contributed by atoms with van der Waals surface area (Å²) in [4.78, 5) is 69.2. The number of thioether (sulfide) groups is 1.